The highest BCUT2D eigenvalue weighted by Gasteiger charge is 2.04. The first-order valence-corrected chi connectivity index (χ1v) is 7.16. The third-order valence-electron chi connectivity index (χ3n) is 2.75. The molecule has 2 rings (SSSR count). The lowest BCUT2D eigenvalue weighted by atomic mass is 10.0. The smallest absolute Gasteiger partial charge is 0.332 e. The van der Waals surface area contributed by atoms with Crippen LogP contribution in [0.3, 0.4) is 0 Å². The van der Waals surface area contributed by atoms with Crippen LogP contribution in [0.15, 0.2) is 59.7 Å². The van der Waals surface area contributed by atoms with Gasteiger partial charge in [-0.15, -0.1) is 0 Å². The second-order valence-electron chi connectivity index (χ2n) is 4.11. The number of rotatable bonds is 4. The maximum Gasteiger partial charge on any atom is 0.332 e. The second-order valence-corrected chi connectivity index (χ2v) is 4.67. The minimum atomic E-state index is -0.677. The average Bonchev–Trinajstić information content (AvgIpc) is 2.49. The summed E-state index contributed by atoms with van der Waals surface area (Å²) in [5, 5.41) is 4.49. The molecule has 0 fully saturated rings. The molecule has 4 nitrogen and oxygen atoms in total. The van der Waals surface area contributed by atoms with Crippen molar-refractivity contribution in [2.75, 3.05) is 5.33 Å². The highest BCUT2D eigenvalue weighted by atomic mass is 79.9. The number of nitrogens with one attached hydrogen (secondary N) is 1. The van der Waals surface area contributed by atoms with Gasteiger partial charge < -0.3 is 5.73 Å². The fraction of sp³-hybridized carbons (Fsp3) is 0.0667. The van der Waals surface area contributed by atoms with E-state index in [1.54, 1.807) is 0 Å². The van der Waals surface area contributed by atoms with Crippen LogP contribution in [0, 0.1) is 0 Å². The van der Waals surface area contributed by atoms with Gasteiger partial charge in [-0.1, -0.05) is 70.5 Å². The fourth-order valence-electron chi connectivity index (χ4n) is 1.78. The van der Waals surface area contributed by atoms with E-state index in [2.05, 4.69) is 38.6 Å². The summed E-state index contributed by atoms with van der Waals surface area (Å²) in [6, 6.07) is 17.4. The molecule has 0 bridgehead atoms. The zero-order chi connectivity index (χ0) is 14.4. The normalized spacial score (nSPS) is 11.2. The summed E-state index contributed by atoms with van der Waals surface area (Å²) < 4.78 is 0. The molecule has 20 heavy (non-hydrogen) atoms. The molecule has 0 atom stereocenters. The predicted molar refractivity (Wildman–Crippen MR) is 84.9 cm³/mol. The number of nitrogens with zero attached hydrogens (tertiary/aromatic N) is 1. The van der Waals surface area contributed by atoms with Crippen molar-refractivity contribution >= 4 is 27.7 Å². The second kappa shape index (κ2) is 6.86. The molecule has 0 aliphatic heterocycles. The van der Waals surface area contributed by atoms with Crippen molar-refractivity contribution in [2.24, 2.45) is 10.8 Å². The molecule has 0 spiro atoms. The maximum atomic E-state index is 10.7. The van der Waals surface area contributed by atoms with E-state index in [0.29, 0.717) is 11.0 Å². The van der Waals surface area contributed by atoms with Gasteiger partial charge in [0.15, 0.2) is 0 Å². The van der Waals surface area contributed by atoms with E-state index >= 15 is 0 Å². The lowest BCUT2D eigenvalue weighted by Gasteiger charge is -2.06. The quantitative estimate of drug-likeness (QED) is 0.504. The summed E-state index contributed by atoms with van der Waals surface area (Å²) in [7, 11) is 0. The Morgan fingerprint density at radius 3 is 2.20 bits per heavy atom. The highest BCUT2D eigenvalue weighted by molar-refractivity contribution is 9.09. The number of hydrogen-bond acceptors (Lipinski definition) is 2. The number of carbonyl (C=O) groups is 1. The van der Waals surface area contributed by atoms with Gasteiger partial charge in [0.2, 0.25) is 0 Å². The Morgan fingerprint density at radius 2 is 1.65 bits per heavy atom. The van der Waals surface area contributed by atoms with Crippen molar-refractivity contribution in [3.8, 4) is 11.1 Å². The van der Waals surface area contributed by atoms with Crippen LogP contribution in [-0.2, 0) is 0 Å². The number of hydrazone groups is 1. The molecule has 102 valence electrons. The van der Waals surface area contributed by atoms with Crippen molar-refractivity contribution in [1.29, 1.82) is 0 Å². The molecule has 0 radical (unpaired) electrons. The molecule has 0 aliphatic rings. The molecular weight excluding hydrogens is 318 g/mol. The van der Waals surface area contributed by atoms with Gasteiger partial charge in [0.25, 0.3) is 0 Å². The van der Waals surface area contributed by atoms with Gasteiger partial charge in [-0.25, -0.2) is 10.2 Å². The summed E-state index contributed by atoms with van der Waals surface area (Å²) in [6.45, 7) is 0. The number of carbonyl (C=O) groups excluding carboxylic acids is 1. The number of primary amides is 1. The topological polar surface area (TPSA) is 67.5 Å². The first-order chi connectivity index (χ1) is 9.70. The molecule has 2 amide bonds. The number of halogens is 1. The van der Waals surface area contributed by atoms with Gasteiger partial charge in [-0.3, -0.25) is 0 Å². The number of alkyl halides is 1. The molecule has 0 aliphatic carbocycles. The van der Waals surface area contributed by atoms with Crippen LogP contribution in [0.2, 0.25) is 0 Å². The molecule has 0 saturated carbocycles. The van der Waals surface area contributed by atoms with Crippen molar-refractivity contribution < 1.29 is 4.79 Å². The average molecular weight is 332 g/mol. The van der Waals surface area contributed by atoms with E-state index in [4.69, 9.17) is 5.73 Å². The number of amides is 2. The minimum absolute atomic E-state index is 0.526. The zero-order valence-corrected chi connectivity index (χ0v) is 12.3. The molecule has 0 saturated heterocycles. The van der Waals surface area contributed by atoms with Crippen LogP contribution < -0.4 is 11.2 Å². The molecular formula is C15H14BrN3O. The largest absolute Gasteiger partial charge is 0.350 e. The van der Waals surface area contributed by atoms with Crippen molar-refractivity contribution in [3.63, 3.8) is 0 Å². The van der Waals surface area contributed by atoms with Gasteiger partial charge in [0, 0.05) is 5.33 Å². The number of benzene rings is 2. The molecule has 3 N–H and O–H groups in total. The van der Waals surface area contributed by atoms with Crippen LogP contribution in [0.1, 0.15) is 5.56 Å². The van der Waals surface area contributed by atoms with Crippen molar-refractivity contribution in [1.82, 2.24) is 5.43 Å². The number of urea groups is 1. The van der Waals surface area contributed by atoms with Gasteiger partial charge in [-0.2, -0.15) is 5.10 Å². The Morgan fingerprint density at radius 1 is 1.05 bits per heavy atom. The molecule has 2 aromatic carbocycles. The van der Waals surface area contributed by atoms with Crippen molar-refractivity contribution in [2.45, 2.75) is 0 Å². The Labute approximate surface area is 125 Å². The zero-order valence-electron chi connectivity index (χ0n) is 10.7. The van der Waals surface area contributed by atoms with E-state index in [1.807, 2.05) is 42.5 Å². The highest BCUT2D eigenvalue weighted by Crippen LogP contribution is 2.19. The van der Waals surface area contributed by atoms with Crippen LogP contribution in [0.5, 0.6) is 0 Å². The summed E-state index contributed by atoms with van der Waals surface area (Å²) in [5.41, 5.74) is 11.2. The van der Waals surface area contributed by atoms with Crippen LogP contribution in [0.25, 0.3) is 11.1 Å². The van der Waals surface area contributed by atoms with Crippen LogP contribution in [-0.4, -0.2) is 17.1 Å². The van der Waals surface area contributed by atoms with Crippen LogP contribution in [0.4, 0.5) is 4.79 Å². The summed E-state index contributed by atoms with van der Waals surface area (Å²) in [4.78, 5) is 10.7. The van der Waals surface area contributed by atoms with Gasteiger partial charge in [0.05, 0.1) is 5.71 Å². The third-order valence-corrected chi connectivity index (χ3v) is 3.28. The van der Waals surface area contributed by atoms with Crippen molar-refractivity contribution in [3.05, 3.63) is 60.2 Å². The standard InChI is InChI=1S/C15H14BrN3O/c16-10-14(18-19-15(17)20)13-8-6-12(7-9-13)11-4-2-1-3-5-11/h1-9H,10H2,(H3,17,19,20)/b18-14-. The first-order valence-electron chi connectivity index (χ1n) is 6.04. The van der Waals surface area contributed by atoms with Gasteiger partial charge in [-0.05, 0) is 16.7 Å². The Balaban J connectivity index is 2.23. The third kappa shape index (κ3) is 3.68. The summed E-state index contributed by atoms with van der Waals surface area (Å²) in [6.07, 6.45) is 0. The monoisotopic (exact) mass is 331 g/mol. The Bertz CT molecular complexity index is 609. The fourth-order valence-corrected chi connectivity index (χ4v) is 2.23. The Hall–Kier alpha value is -2.14. The SMILES string of the molecule is NC(=O)N/N=C(/CBr)c1ccc(-c2ccccc2)cc1. The number of hydrogen-bond donors (Lipinski definition) is 2. The molecule has 5 heteroatoms. The van der Waals surface area contributed by atoms with E-state index < -0.39 is 6.03 Å². The summed E-state index contributed by atoms with van der Waals surface area (Å²) >= 11 is 3.34. The molecule has 0 aromatic heterocycles. The lowest BCUT2D eigenvalue weighted by molar-refractivity contribution is 0.249. The first kappa shape index (κ1) is 14.3. The van der Waals surface area contributed by atoms with E-state index in [-0.39, 0.29) is 0 Å². The number of nitrogens with two attached hydrogens (primary N) is 1. The molecule has 0 unspecified atom stereocenters. The van der Waals surface area contributed by atoms with Gasteiger partial charge in [0.1, 0.15) is 0 Å². The van der Waals surface area contributed by atoms with E-state index in [1.165, 1.54) is 0 Å². The van der Waals surface area contributed by atoms with Crippen LogP contribution >= 0.6 is 15.9 Å². The van der Waals surface area contributed by atoms with E-state index in [0.717, 1.165) is 16.7 Å². The maximum absolute atomic E-state index is 10.7. The minimum Gasteiger partial charge on any atom is -0.350 e. The summed E-state index contributed by atoms with van der Waals surface area (Å²) in [5.74, 6) is 0. The lowest BCUT2D eigenvalue weighted by Crippen LogP contribution is -2.26. The Kier molecular flexibility index (Phi) is 4.90. The van der Waals surface area contributed by atoms with Gasteiger partial charge >= 0.3 is 6.03 Å². The molecule has 2 aromatic rings. The predicted octanol–water partition coefficient (Wildman–Crippen LogP) is 3.12. The molecule has 0 heterocycles. The van der Waals surface area contributed by atoms with E-state index in [9.17, 15) is 4.79 Å².